The van der Waals surface area contributed by atoms with Gasteiger partial charge in [-0.1, -0.05) is 0 Å². The van der Waals surface area contributed by atoms with Crippen LogP contribution in [0.15, 0.2) is 12.4 Å². The Morgan fingerprint density at radius 3 is 2.40 bits per heavy atom. The first-order chi connectivity index (χ1) is 6.92. The normalized spacial score (nSPS) is 13.8. The van der Waals surface area contributed by atoms with Gasteiger partial charge in [0.25, 0.3) is 0 Å². The molecule has 0 radical (unpaired) electrons. The van der Waals surface area contributed by atoms with Crippen LogP contribution in [0, 0.1) is 6.92 Å². The second kappa shape index (κ2) is 4.65. The molecule has 0 fully saturated rings. The van der Waals surface area contributed by atoms with E-state index in [1.54, 1.807) is 12.4 Å². The summed E-state index contributed by atoms with van der Waals surface area (Å²) in [5, 5.41) is 4.92. The lowest BCUT2D eigenvalue weighted by Gasteiger charge is -2.11. The molecule has 1 aromatic heterocycles. The number of hydrogen-bond acceptors (Lipinski definition) is 5. The highest BCUT2D eigenvalue weighted by atomic mass is 32.2. The van der Waals surface area contributed by atoms with E-state index in [1.165, 1.54) is 7.11 Å². The molecule has 0 aliphatic carbocycles. The van der Waals surface area contributed by atoms with Gasteiger partial charge in [0, 0.05) is 19.5 Å². The molecule has 1 rings (SSSR count). The number of aryl methyl sites for hydroxylation is 1. The van der Waals surface area contributed by atoms with Gasteiger partial charge in [0.1, 0.15) is 6.10 Å². The Labute approximate surface area is 88.5 Å². The van der Waals surface area contributed by atoms with Crippen molar-refractivity contribution in [3.8, 4) is 0 Å². The maximum Gasteiger partial charge on any atom is 0.212 e. The number of primary sulfonamides is 1. The first-order valence-electron chi connectivity index (χ1n) is 4.24. The average molecular weight is 231 g/mol. The third-order valence-electron chi connectivity index (χ3n) is 1.76. The predicted molar refractivity (Wildman–Crippen MR) is 54.5 cm³/mol. The Kier molecular flexibility index (Phi) is 3.72. The summed E-state index contributed by atoms with van der Waals surface area (Å²) in [6.45, 7) is 1.84. The Morgan fingerprint density at radius 1 is 1.47 bits per heavy atom. The fourth-order valence-corrected chi connectivity index (χ4v) is 1.73. The molecular formula is C8H13N3O3S. The highest BCUT2D eigenvalue weighted by molar-refractivity contribution is 7.89. The van der Waals surface area contributed by atoms with Crippen molar-refractivity contribution >= 4 is 10.0 Å². The van der Waals surface area contributed by atoms with Crippen molar-refractivity contribution in [2.75, 3.05) is 12.9 Å². The number of hydrogen-bond donors (Lipinski definition) is 1. The van der Waals surface area contributed by atoms with Crippen LogP contribution < -0.4 is 5.14 Å². The molecule has 0 amide bonds. The first-order valence-corrected chi connectivity index (χ1v) is 5.95. The predicted octanol–water partition coefficient (Wildman–Crippen LogP) is -0.239. The van der Waals surface area contributed by atoms with Gasteiger partial charge in [0.2, 0.25) is 10.0 Å². The van der Waals surface area contributed by atoms with E-state index >= 15 is 0 Å². The third-order valence-corrected chi connectivity index (χ3v) is 2.52. The van der Waals surface area contributed by atoms with E-state index in [9.17, 15) is 8.42 Å². The van der Waals surface area contributed by atoms with Crippen LogP contribution >= 0.6 is 0 Å². The minimum absolute atomic E-state index is 0.317. The van der Waals surface area contributed by atoms with Crippen molar-refractivity contribution in [3.63, 3.8) is 0 Å². The van der Waals surface area contributed by atoms with Gasteiger partial charge >= 0.3 is 0 Å². The van der Waals surface area contributed by atoms with Crippen molar-refractivity contribution in [3.05, 3.63) is 23.8 Å². The SMILES string of the molecule is CO[C@@H](CS(N)(=O)=O)c1ncc(C)cn1. The summed E-state index contributed by atoms with van der Waals surface area (Å²) in [5.74, 6) is -0.0100. The molecule has 0 bridgehead atoms. The van der Waals surface area contributed by atoms with Gasteiger partial charge < -0.3 is 4.74 Å². The van der Waals surface area contributed by atoms with Crippen molar-refractivity contribution in [2.24, 2.45) is 5.14 Å². The molecule has 1 aromatic rings. The topological polar surface area (TPSA) is 95.2 Å². The van der Waals surface area contributed by atoms with E-state index < -0.39 is 16.1 Å². The summed E-state index contributed by atoms with van der Waals surface area (Å²) in [4.78, 5) is 7.96. The second-order valence-electron chi connectivity index (χ2n) is 3.17. The molecule has 0 spiro atoms. The molecule has 6 nitrogen and oxygen atoms in total. The Morgan fingerprint density at radius 2 is 2.00 bits per heavy atom. The van der Waals surface area contributed by atoms with Crippen molar-refractivity contribution in [1.82, 2.24) is 9.97 Å². The van der Waals surface area contributed by atoms with Crippen molar-refractivity contribution < 1.29 is 13.2 Å². The van der Waals surface area contributed by atoms with Crippen LogP contribution in [0.2, 0.25) is 0 Å². The lowest BCUT2D eigenvalue weighted by Crippen LogP contribution is -2.24. The van der Waals surface area contributed by atoms with Gasteiger partial charge in [-0.25, -0.2) is 23.5 Å². The highest BCUT2D eigenvalue weighted by Gasteiger charge is 2.19. The van der Waals surface area contributed by atoms with E-state index in [1.807, 2.05) is 6.92 Å². The molecule has 0 aliphatic rings. The third kappa shape index (κ3) is 3.90. The molecule has 0 saturated heterocycles. The van der Waals surface area contributed by atoms with E-state index in [0.29, 0.717) is 5.82 Å². The summed E-state index contributed by atoms with van der Waals surface area (Å²) in [5.41, 5.74) is 0.893. The number of nitrogens with two attached hydrogens (primary N) is 1. The molecule has 0 aromatic carbocycles. The molecule has 1 atom stereocenters. The van der Waals surface area contributed by atoms with Crippen molar-refractivity contribution in [2.45, 2.75) is 13.0 Å². The maximum atomic E-state index is 10.9. The van der Waals surface area contributed by atoms with Crippen LogP contribution in [0.5, 0.6) is 0 Å². The number of sulfonamides is 1. The van der Waals surface area contributed by atoms with E-state index in [0.717, 1.165) is 5.56 Å². The number of methoxy groups -OCH3 is 1. The van der Waals surface area contributed by atoms with Gasteiger partial charge in [-0.15, -0.1) is 0 Å². The largest absolute Gasteiger partial charge is 0.372 e. The molecule has 0 saturated carbocycles. The monoisotopic (exact) mass is 231 g/mol. The maximum absolute atomic E-state index is 10.9. The Bertz CT molecular complexity index is 415. The summed E-state index contributed by atoms with van der Waals surface area (Å²) in [7, 11) is -2.21. The standard InChI is InChI=1S/C8H13N3O3S/c1-6-3-10-8(11-4-6)7(14-2)5-15(9,12)13/h3-4,7H,5H2,1-2H3,(H2,9,12,13)/t7-/m0/s1. The zero-order chi connectivity index (χ0) is 11.5. The summed E-state index contributed by atoms with van der Waals surface area (Å²) in [6, 6.07) is 0. The quantitative estimate of drug-likeness (QED) is 0.771. The van der Waals surface area contributed by atoms with Crippen LogP contribution in [0.3, 0.4) is 0 Å². The lowest BCUT2D eigenvalue weighted by atomic mass is 10.3. The minimum atomic E-state index is -3.60. The van der Waals surface area contributed by atoms with Crippen LogP contribution in [0.4, 0.5) is 0 Å². The smallest absolute Gasteiger partial charge is 0.212 e. The lowest BCUT2D eigenvalue weighted by molar-refractivity contribution is 0.114. The van der Waals surface area contributed by atoms with E-state index in [4.69, 9.17) is 9.88 Å². The van der Waals surface area contributed by atoms with Gasteiger partial charge in [-0.2, -0.15) is 0 Å². The molecule has 0 aliphatic heterocycles. The molecule has 1 heterocycles. The summed E-state index contributed by atoms with van der Waals surface area (Å²) >= 11 is 0. The number of rotatable bonds is 4. The van der Waals surface area contributed by atoms with Gasteiger partial charge in [-0.05, 0) is 12.5 Å². The minimum Gasteiger partial charge on any atom is -0.372 e. The van der Waals surface area contributed by atoms with Crippen LogP contribution in [-0.2, 0) is 14.8 Å². The van der Waals surface area contributed by atoms with Crippen LogP contribution in [-0.4, -0.2) is 31.2 Å². The average Bonchev–Trinajstić information content (AvgIpc) is 2.14. The summed E-state index contributed by atoms with van der Waals surface area (Å²) in [6.07, 6.45) is 2.47. The van der Waals surface area contributed by atoms with Gasteiger partial charge in [0.05, 0.1) is 5.75 Å². The fraction of sp³-hybridized carbons (Fsp3) is 0.500. The van der Waals surface area contributed by atoms with Crippen LogP contribution in [0.1, 0.15) is 17.5 Å². The van der Waals surface area contributed by atoms with E-state index in [2.05, 4.69) is 9.97 Å². The molecule has 7 heteroatoms. The molecule has 2 N–H and O–H groups in total. The molecule has 15 heavy (non-hydrogen) atoms. The Hall–Kier alpha value is -1.05. The van der Waals surface area contributed by atoms with Gasteiger partial charge in [-0.3, -0.25) is 0 Å². The fourth-order valence-electron chi connectivity index (χ4n) is 1.03. The zero-order valence-electron chi connectivity index (χ0n) is 8.54. The van der Waals surface area contributed by atoms with Gasteiger partial charge in [0.15, 0.2) is 5.82 Å². The molecule has 0 unspecified atom stereocenters. The Balaban J connectivity index is 2.88. The van der Waals surface area contributed by atoms with Crippen molar-refractivity contribution in [1.29, 1.82) is 0 Å². The second-order valence-corrected chi connectivity index (χ2v) is 4.83. The van der Waals surface area contributed by atoms with Crippen LogP contribution in [0.25, 0.3) is 0 Å². The zero-order valence-corrected chi connectivity index (χ0v) is 9.36. The molecular weight excluding hydrogens is 218 g/mol. The number of aromatic nitrogens is 2. The summed E-state index contributed by atoms with van der Waals surface area (Å²) < 4.78 is 26.7. The highest BCUT2D eigenvalue weighted by Crippen LogP contribution is 2.12. The molecule has 84 valence electrons. The number of ether oxygens (including phenoxy) is 1. The number of nitrogens with zero attached hydrogens (tertiary/aromatic N) is 2. The van der Waals surface area contributed by atoms with E-state index in [-0.39, 0.29) is 5.75 Å². The first kappa shape index (κ1) is 12.0.